The van der Waals surface area contributed by atoms with E-state index in [0.29, 0.717) is 19.1 Å². The summed E-state index contributed by atoms with van der Waals surface area (Å²) in [5, 5.41) is 3.31. The Bertz CT molecular complexity index is 345. The van der Waals surface area contributed by atoms with Crippen molar-refractivity contribution in [3.8, 4) is 0 Å². The monoisotopic (exact) mass is 267 g/mol. The minimum Gasteiger partial charge on any atom is -0.382 e. The SMILES string of the molecule is COCCOCCCCNc1cc(C(C)C)ncn1. The second-order valence-corrected chi connectivity index (χ2v) is 4.72. The number of nitrogens with one attached hydrogen (secondary N) is 1. The van der Waals surface area contributed by atoms with Gasteiger partial charge in [0.1, 0.15) is 12.1 Å². The molecule has 1 aromatic heterocycles. The van der Waals surface area contributed by atoms with Gasteiger partial charge in [0.2, 0.25) is 0 Å². The summed E-state index contributed by atoms with van der Waals surface area (Å²) in [4.78, 5) is 8.45. The summed E-state index contributed by atoms with van der Waals surface area (Å²) in [6, 6.07) is 2.01. The summed E-state index contributed by atoms with van der Waals surface area (Å²) < 4.78 is 10.3. The fraction of sp³-hybridized carbons (Fsp3) is 0.714. The summed E-state index contributed by atoms with van der Waals surface area (Å²) in [7, 11) is 1.68. The van der Waals surface area contributed by atoms with Crippen molar-refractivity contribution < 1.29 is 9.47 Å². The van der Waals surface area contributed by atoms with Crippen LogP contribution in [-0.4, -0.2) is 43.4 Å². The number of methoxy groups -OCH3 is 1. The Morgan fingerprint density at radius 3 is 2.74 bits per heavy atom. The second kappa shape index (κ2) is 9.69. The van der Waals surface area contributed by atoms with E-state index in [9.17, 15) is 0 Å². The van der Waals surface area contributed by atoms with Crippen molar-refractivity contribution in [1.82, 2.24) is 9.97 Å². The van der Waals surface area contributed by atoms with Crippen LogP contribution in [0.2, 0.25) is 0 Å². The Labute approximate surface area is 115 Å². The van der Waals surface area contributed by atoms with Crippen molar-refractivity contribution in [3.63, 3.8) is 0 Å². The third-order valence-corrected chi connectivity index (χ3v) is 2.73. The quantitative estimate of drug-likeness (QED) is 0.660. The van der Waals surface area contributed by atoms with E-state index in [4.69, 9.17) is 9.47 Å². The molecule has 1 aromatic rings. The average Bonchev–Trinajstić information content (AvgIpc) is 2.42. The average molecular weight is 267 g/mol. The van der Waals surface area contributed by atoms with Crippen LogP contribution in [-0.2, 0) is 9.47 Å². The summed E-state index contributed by atoms with van der Waals surface area (Å²) in [5.41, 5.74) is 1.07. The first-order chi connectivity index (χ1) is 9.24. The van der Waals surface area contributed by atoms with Gasteiger partial charge in [-0.3, -0.25) is 0 Å². The predicted molar refractivity (Wildman–Crippen MR) is 76.5 cm³/mol. The predicted octanol–water partition coefficient (Wildman–Crippen LogP) is 2.46. The first kappa shape index (κ1) is 15.9. The van der Waals surface area contributed by atoms with Crippen molar-refractivity contribution in [2.45, 2.75) is 32.6 Å². The van der Waals surface area contributed by atoms with Gasteiger partial charge in [0, 0.05) is 32.0 Å². The Kier molecular flexibility index (Phi) is 8.09. The minimum absolute atomic E-state index is 0.428. The van der Waals surface area contributed by atoms with E-state index in [1.807, 2.05) is 6.07 Å². The fourth-order valence-electron chi connectivity index (χ4n) is 1.57. The lowest BCUT2D eigenvalue weighted by Crippen LogP contribution is -2.07. The van der Waals surface area contributed by atoms with Gasteiger partial charge in [-0.1, -0.05) is 13.8 Å². The number of rotatable bonds is 10. The molecule has 0 aliphatic heterocycles. The Hall–Kier alpha value is -1.20. The molecule has 0 spiro atoms. The van der Waals surface area contributed by atoms with Crippen LogP contribution in [0.3, 0.4) is 0 Å². The molecule has 0 bridgehead atoms. The van der Waals surface area contributed by atoms with Gasteiger partial charge in [0.15, 0.2) is 0 Å². The molecule has 0 saturated heterocycles. The molecule has 5 heteroatoms. The van der Waals surface area contributed by atoms with Crippen LogP contribution in [0.25, 0.3) is 0 Å². The molecule has 1 rings (SSSR count). The normalized spacial score (nSPS) is 10.9. The lowest BCUT2D eigenvalue weighted by Gasteiger charge is -2.08. The van der Waals surface area contributed by atoms with Gasteiger partial charge < -0.3 is 14.8 Å². The molecule has 0 amide bonds. The van der Waals surface area contributed by atoms with Gasteiger partial charge in [0.05, 0.1) is 13.2 Å². The molecule has 0 aromatic carbocycles. The summed E-state index contributed by atoms with van der Waals surface area (Å²) >= 11 is 0. The summed E-state index contributed by atoms with van der Waals surface area (Å²) in [5.74, 6) is 1.33. The molecule has 0 atom stereocenters. The maximum absolute atomic E-state index is 5.40. The lowest BCUT2D eigenvalue weighted by molar-refractivity contribution is 0.0691. The first-order valence-electron chi connectivity index (χ1n) is 6.86. The first-order valence-corrected chi connectivity index (χ1v) is 6.86. The maximum atomic E-state index is 5.40. The largest absolute Gasteiger partial charge is 0.382 e. The minimum atomic E-state index is 0.428. The van der Waals surface area contributed by atoms with E-state index in [-0.39, 0.29) is 0 Å². The van der Waals surface area contributed by atoms with Gasteiger partial charge in [0.25, 0.3) is 0 Å². The van der Waals surface area contributed by atoms with E-state index < -0.39 is 0 Å². The van der Waals surface area contributed by atoms with E-state index in [1.165, 1.54) is 0 Å². The third kappa shape index (κ3) is 7.08. The van der Waals surface area contributed by atoms with Crippen molar-refractivity contribution in [3.05, 3.63) is 18.1 Å². The topological polar surface area (TPSA) is 56.3 Å². The Morgan fingerprint density at radius 2 is 2.00 bits per heavy atom. The molecule has 0 aliphatic carbocycles. The van der Waals surface area contributed by atoms with Gasteiger partial charge in [-0.15, -0.1) is 0 Å². The number of hydrogen-bond acceptors (Lipinski definition) is 5. The zero-order chi connectivity index (χ0) is 13.9. The standard InChI is InChI=1S/C14H25N3O2/c1-12(2)13-10-14(17-11-16-13)15-6-4-5-7-19-9-8-18-3/h10-12H,4-9H2,1-3H3,(H,15,16,17). The lowest BCUT2D eigenvalue weighted by atomic mass is 10.1. The molecule has 5 nitrogen and oxygen atoms in total. The maximum Gasteiger partial charge on any atom is 0.129 e. The van der Waals surface area contributed by atoms with Crippen LogP contribution in [0.15, 0.2) is 12.4 Å². The number of hydrogen-bond donors (Lipinski definition) is 1. The highest BCUT2D eigenvalue weighted by atomic mass is 16.5. The molecule has 19 heavy (non-hydrogen) atoms. The highest BCUT2D eigenvalue weighted by molar-refractivity contribution is 5.35. The van der Waals surface area contributed by atoms with Gasteiger partial charge in [-0.05, 0) is 18.8 Å². The summed E-state index contributed by atoms with van der Waals surface area (Å²) in [6.45, 7) is 7.28. The fourth-order valence-corrected chi connectivity index (χ4v) is 1.57. The van der Waals surface area contributed by atoms with Crippen molar-refractivity contribution in [2.75, 3.05) is 38.8 Å². The van der Waals surface area contributed by atoms with Crippen molar-refractivity contribution in [1.29, 1.82) is 0 Å². The van der Waals surface area contributed by atoms with Gasteiger partial charge >= 0.3 is 0 Å². The Morgan fingerprint density at radius 1 is 1.16 bits per heavy atom. The zero-order valence-electron chi connectivity index (χ0n) is 12.2. The molecule has 1 N–H and O–H groups in total. The Balaban J connectivity index is 2.10. The van der Waals surface area contributed by atoms with E-state index in [0.717, 1.165) is 37.5 Å². The number of aromatic nitrogens is 2. The number of nitrogens with zero attached hydrogens (tertiary/aromatic N) is 2. The number of unbranched alkanes of at least 4 members (excludes halogenated alkanes) is 1. The molecule has 0 saturated carbocycles. The molecular weight excluding hydrogens is 242 g/mol. The van der Waals surface area contributed by atoms with Crippen LogP contribution in [0.1, 0.15) is 38.3 Å². The van der Waals surface area contributed by atoms with E-state index in [2.05, 4.69) is 29.1 Å². The van der Waals surface area contributed by atoms with Crippen LogP contribution in [0.5, 0.6) is 0 Å². The molecule has 0 unspecified atom stereocenters. The van der Waals surface area contributed by atoms with E-state index >= 15 is 0 Å². The van der Waals surface area contributed by atoms with E-state index in [1.54, 1.807) is 13.4 Å². The highest BCUT2D eigenvalue weighted by Crippen LogP contribution is 2.13. The number of anilines is 1. The van der Waals surface area contributed by atoms with Crippen molar-refractivity contribution >= 4 is 5.82 Å². The molecule has 0 fully saturated rings. The van der Waals surface area contributed by atoms with Crippen LogP contribution >= 0.6 is 0 Å². The highest BCUT2D eigenvalue weighted by Gasteiger charge is 2.02. The van der Waals surface area contributed by atoms with Crippen LogP contribution in [0, 0.1) is 0 Å². The number of ether oxygens (including phenoxy) is 2. The molecule has 0 aliphatic rings. The smallest absolute Gasteiger partial charge is 0.129 e. The van der Waals surface area contributed by atoms with Gasteiger partial charge in [-0.2, -0.15) is 0 Å². The van der Waals surface area contributed by atoms with Crippen LogP contribution in [0.4, 0.5) is 5.82 Å². The van der Waals surface area contributed by atoms with Crippen molar-refractivity contribution in [2.24, 2.45) is 0 Å². The molecule has 108 valence electrons. The molecule has 1 heterocycles. The third-order valence-electron chi connectivity index (χ3n) is 2.73. The van der Waals surface area contributed by atoms with Gasteiger partial charge in [-0.25, -0.2) is 9.97 Å². The summed E-state index contributed by atoms with van der Waals surface area (Å²) in [6.07, 6.45) is 3.72. The molecular formula is C14H25N3O2. The molecule has 0 radical (unpaired) electrons. The second-order valence-electron chi connectivity index (χ2n) is 4.72. The van der Waals surface area contributed by atoms with Crippen LogP contribution < -0.4 is 5.32 Å². The zero-order valence-corrected chi connectivity index (χ0v) is 12.2.